The maximum atomic E-state index is 13.4. The molecule has 20 heavy (non-hydrogen) atoms. The monoisotopic (exact) mass is 271 g/mol. The highest BCUT2D eigenvalue weighted by molar-refractivity contribution is 5.45. The summed E-state index contributed by atoms with van der Waals surface area (Å²) in [6.07, 6.45) is 0. The molecule has 2 aromatic carbocycles. The van der Waals surface area contributed by atoms with Crippen LogP contribution in [0, 0.1) is 17.1 Å². The number of nitriles is 1. The van der Waals surface area contributed by atoms with Crippen LogP contribution in [0.25, 0.3) is 0 Å². The van der Waals surface area contributed by atoms with Crippen LogP contribution in [0.3, 0.4) is 0 Å². The lowest BCUT2D eigenvalue weighted by Gasteiger charge is -2.26. The zero-order valence-corrected chi connectivity index (χ0v) is 11.2. The zero-order valence-electron chi connectivity index (χ0n) is 11.2. The number of methoxy groups -OCH3 is 1. The molecule has 0 saturated heterocycles. The zero-order chi connectivity index (χ0) is 14.8. The van der Waals surface area contributed by atoms with E-state index in [1.165, 1.54) is 25.3 Å². The van der Waals surface area contributed by atoms with Crippen molar-refractivity contribution in [2.24, 2.45) is 0 Å². The summed E-state index contributed by atoms with van der Waals surface area (Å²) in [5, 5.41) is 19.5. The van der Waals surface area contributed by atoms with Crippen LogP contribution >= 0.6 is 0 Å². The van der Waals surface area contributed by atoms with Gasteiger partial charge >= 0.3 is 0 Å². The van der Waals surface area contributed by atoms with Crippen molar-refractivity contribution in [1.82, 2.24) is 0 Å². The van der Waals surface area contributed by atoms with Gasteiger partial charge in [0.2, 0.25) is 0 Å². The average molecular weight is 271 g/mol. The van der Waals surface area contributed by atoms with Crippen molar-refractivity contribution in [1.29, 1.82) is 5.26 Å². The van der Waals surface area contributed by atoms with E-state index in [4.69, 9.17) is 10.00 Å². The minimum atomic E-state index is -1.42. The summed E-state index contributed by atoms with van der Waals surface area (Å²) in [6.45, 7) is 1.56. The van der Waals surface area contributed by atoms with Crippen molar-refractivity contribution < 1.29 is 14.2 Å². The van der Waals surface area contributed by atoms with E-state index in [1.807, 2.05) is 6.07 Å². The SMILES string of the molecule is COc1ccc(F)cc1C(C)(O)c1ccc(C#N)cc1. The maximum Gasteiger partial charge on any atom is 0.125 e. The molecule has 2 aromatic rings. The summed E-state index contributed by atoms with van der Waals surface area (Å²) >= 11 is 0. The molecule has 0 aliphatic carbocycles. The highest BCUT2D eigenvalue weighted by Gasteiger charge is 2.29. The van der Waals surface area contributed by atoms with Crippen molar-refractivity contribution in [2.45, 2.75) is 12.5 Å². The second-order valence-corrected chi connectivity index (χ2v) is 4.61. The summed E-state index contributed by atoms with van der Waals surface area (Å²) in [4.78, 5) is 0. The predicted molar refractivity (Wildman–Crippen MR) is 72.8 cm³/mol. The van der Waals surface area contributed by atoms with Gasteiger partial charge < -0.3 is 9.84 Å². The fourth-order valence-electron chi connectivity index (χ4n) is 2.09. The van der Waals surface area contributed by atoms with Gasteiger partial charge in [-0.1, -0.05) is 12.1 Å². The molecule has 4 heteroatoms. The number of halogens is 1. The lowest BCUT2D eigenvalue weighted by atomic mass is 9.87. The molecule has 0 amide bonds. The second kappa shape index (κ2) is 5.32. The lowest BCUT2D eigenvalue weighted by molar-refractivity contribution is 0.0985. The largest absolute Gasteiger partial charge is 0.496 e. The minimum Gasteiger partial charge on any atom is -0.496 e. The molecule has 0 aliphatic heterocycles. The van der Waals surface area contributed by atoms with Crippen molar-refractivity contribution in [3.8, 4) is 11.8 Å². The van der Waals surface area contributed by atoms with Crippen LogP contribution in [0.2, 0.25) is 0 Å². The standard InChI is InChI=1S/C16H14FNO2/c1-16(19,12-5-3-11(10-18)4-6-12)14-9-13(17)7-8-15(14)20-2/h3-9,19H,1-2H3. The van der Waals surface area contributed by atoms with E-state index < -0.39 is 11.4 Å². The van der Waals surface area contributed by atoms with Crippen LogP contribution in [0.4, 0.5) is 4.39 Å². The van der Waals surface area contributed by atoms with Gasteiger partial charge in [0.05, 0.1) is 18.7 Å². The van der Waals surface area contributed by atoms with Gasteiger partial charge in [-0.05, 0) is 42.8 Å². The molecule has 102 valence electrons. The Morgan fingerprint density at radius 3 is 2.40 bits per heavy atom. The van der Waals surface area contributed by atoms with E-state index >= 15 is 0 Å². The van der Waals surface area contributed by atoms with E-state index in [0.29, 0.717) is 22.4 Å². The molecule has 0 heterocycles. The number of ether oxygens (including phenoxy) is 1. The Hall–Kier alpha value is -2.38. The van der Waals surface area contributed by atoms with Crippen LogP contribution in [0.1, 0.15) is 23.6 Å². The second-order valence-electron chi connectivity index (χ2n) is 4.61. The smallest absolute Gasteiger partial charge is 0.125 e. The third kappa shape index (κ3) is 2.49. The van der Waals surface area contributed by atoms with Crippen molar-refractivity contribution in [3.63, 3.8) is 0 Å². The molecular weight excluding hydrogens is 257 g/mol. The first-order valence-electron chi connectivity index (χ1n) is 6.06. The van der Waals surface area contributed by atoms with Crippen LogP contribution < -0.4 is 4.74 Å². The average Bonchev–Trinajstić information content (AvgIpc) is 2.47. The first kappa shape index (κ1) is 14.0. The van der Waals surface area contributed by atoms with Crippen molar-refractivity contribution >= 4 is 0 Å². The molecule has 1 N–H and O–H groups in total. The predicted octanol–water partition coefficient (Wildman–Crippen LogP) is 2.96. The van der Waals surface area contributed by atoms with Crippen LogP contribution in [0.5, 0.6) is 5.75 Å². The fraction of sp³-hybridized carbons (Fsp3) is 0.188. The van der Waals surface area contributed by atoms with E-state index in [9.17, 15) is 9.50 Å². The summed E-state index contributed by atoms with van der Waals surface area (Å²) in [6, 6.07) is 12.5. The van der Waals surface area contributed by atoms with Gasteiger partial charge in [-0.25, -0.2) is 4.39 Å². The molecule has 0 spiro atoms. The van der Waals surface area contributed by atoms with Crippen molar-refractivity contribution in [3.05, 3.63) is 65.0 Å². The van der Waals surface area contributed by atoms with Crippen molar-refractivity contribution in [2.75, 3.05) is 7.11 Å². The minimum absolute atomic E-state index is 0.338. The van der Waals surface area contributed by atoms with Gasteiger partial charge in [0.1, 0.15) is 17.2 Å². The van der Waals surface area contributed by atoms with Gasteiger partial charge in [-0.15, -0.1) is 0 Å². The Morgan fingerprint density at radius 2 is 1.85 bits per heavy atom. The van der Waals surface area contributed by atoms with E-state index in [2.05, 4.69) is 0 Å². The number of aliphatic hydroxyl groups is 1. The first-order valence-corrected chi connectivity index (χ1v) is 6.06. The Labute approximate surface area is 116 Å². The highest BCUT2D eigenvalue weighted by atomic mass is 19.1. The molecule has 1 atom stereocenters. The van der Waals surface area contributed by atoms with Crippen LogP contribution in [-0.2, 0) is 5.60 Å². The highest BCUT2D eigenvalue weighted by Crippen LogP contribution is 2.35. The van der Waals surface area contributed by atoms with Gasteiger partial charge in [0, 0.05) is 5.56 Å². The molecule has 0 radical (unpaired) electrons. The van der Waals surface area contributed by atoms with Gasteiger partial charge in [-0.2, -0.15) is 5.26 Å². The Balaban J connectivity index is 2.53. The summed E-state index contributed by atoms with van der Waals surface area (Å²) in [7, 11) is 1.46. The Bertz CT molecular complexity index is 657. The molecule has 0 bridgehead atoms. The number of nitrogens with zero attached hydrogens (tertiary/aromatic N) is 1. The van der Waals surface area contributed by atoms with Crippen LogP contribution in [-0.4, -0.2) is 12.2 Å². The molecule has 0 aromatic heterocycles. The van der Waals surface area contributed by atoms with Crippen LogP contribution in [0.15, 0.2) is 42.5 Å². The van der Waals surface area contributed by atoms with Gasteiger partial charge in [-0.3, -0.25) is 0 Å². The van der Waals surface area contributed by atoms with E-state index in [0.717, 1.165) is 0 Å². The molecule has 0 aliphatic rings. The number of benzene rings is 2. The molecular formula is C16H14FNO2. The van der Waals surface area contributed by atoms with Gasteiger partial charge in [0.15, 0.2) is 0 Å². The quantitative estimate of drug-likeness (QED) is 0.933. The molecule has 3 nitrogen and oxygen atoms in total. The molecule has 0 saturated carbocycles. The third-order valence-electron chi connectivity index (χ3n) is 3.26. The molecule has 0 fully saturated rings. The summed E-state index contributed by atoms with van der Waals surface area (Å²) < 4.78 is 18.6. The van der Waals surface area contributed by atoms with E-state index in [-0.39, 0.29) is 0 Å². The number of rotatable bonds is 3. The van der Waals surface area contributed by atoms with E-state index in [1.54, 1.807) is 31.2 Å². The Kier molecular flexibility index (Phi) is 3.73. The molecule has 1 unspecified atom stereocenters. The Morgan fingerprint density at radius 1 is 1.20 bits per heavy atom. The van der Waals surface area contributed by atoms with Gasteiger partial charge in [0.25, 0.3) is 0 Å². The maximum absolute atomic E-state index is 13.4. The number of hydrogen-bond donors (Lipinski definition) is 1. The lowest BCUT2D eigenvalue weighted by Crippen LogP contribution is -2.23. The number of hydrogen-bond acceptors (Lipinski definition) is 3. The molecule has 2 rings (SSSR count). The topological polar surface area (TPSA) is 53.2 Å². The fourth-order valence-corrected chi connectivity index (χ4v) is 2.09. The normalized spacial score (nSPS) is 13.3. The summed E-state index contributed by atoms with van der Waals surface area (Å²) in [5.74, 6) is -0.0459. The summed E-state index contributed by atoms with van der Waals surface area (Å²) in [5.41, 5.74) is -0.0256. The third-order valence-corrected chi connectivity index (χ3v) is 3.26. The first-order chi connectivity index (χ1) is 9.48.